The lowest BCUT2D eigenvalue weighted by molar-refractivity contribution is -0.00441. The molecule has 0 heterocycles. The van der Waals surface area contributed by atoms with Gasteiger partial charge in [0.05, 0.1) is 7.11 Å². The molecule has 0 aromatic heterocycles. The Kier molecular flexibility index (Phi) is 5.31. The van der Waals surface area contributed by atoms with E-state index in [4.69, 9.17) is 9.84 Å². The number of para-hydroxylation sites is 1. The van der Waals surface area contributed by atoms with E-state index in [1.165, 1.54) is 0 Å². The van der Waals surface area contributed by atoms with E-state index < -0.39 is 12.5 Å². The first-order chi connectivity index (χ1) is 8.06. The molecule has 0 aliphatic heterocycles. The molecule has 2 atom stereocenters. The number of hydrogen-bond acceptors (Lipinski definition) is 3. The van der Waals surface area contributed by atoms with E-state index in [-0.39, 0.29) is 12.6 Å². The second kappa shape index (κ2) is 6.51. The maximum Gasteiger partial charge on any atom is 0.265 e. The molecule has 0 radical (unpaired) electrons. The number of methoxy groups -OCH3 is 1. The van der Waals surface area contributed by atoms with Crippen molar-refractivity contribution in [2.24, 2.45) is 0 Å². The van der Waals surface area contributed by atoms with Gasteiger partial charge >= 0.3 is 0 Å². The van der Waals surface area contributed by atoms with Crippen LogP contribution in [0.25, 0.3) is 0 Å². The smallest absolute Gasteiger partial charge is 0.265 e. The Morgan fingerprint density at radius 1 is 1.35 bits per heavy atom. The van der Waals surface area contributed by atoms with Crippen LogP contribution in [0.1, 0.15) is 18.5 Å². The third-order valence-corrected chi connectivity index (χ3v) is 2.53. The number of aliphatic hydroxyl groups excluding tert-OH is 1. The number of hydrogen-bond donors (Lipinski definition) is 2. The van der Waals surface area contributed by atoms with Crippen molar-refractivity contribution >= 4 is 0 Å². The van der Waals surface area contributed by atoms with Crippen LogP contribution >= 0.6 is 0 Å². The summed E-state index contributed by atoms with van der Waals surface area (Å²) in [5.41, 5.74) is 0.872. The molecule has 3 nitrogen and oxygen atoms in total. The summed E-state index contributed by atoms with van der Waals surface area (Å²) in [5, 5.41) is 11.8. The summed E-state index contributed by atoms with van der Waals surface area (Å²) in [6.07, 6.45) is -4.38. The fourth-order valence-electron chi connectivity index (χ4n) is 1.52. The molecule has 1 aromatic rings. The third kappa shape index (κ3) is 3.94. The highest BCUT2D eigenvalue weighted by Crippen LogP contribution is 2.24. The Balaban J connectivity index is 2.60. The summed E-state index contributed by atoms with van der Waals surface area (Å²) in [6.45, 7) is 1.67. The summed E-state index contributed by atoms with van der Waals surface area (Å²) in [4.78, 5) is 0. The van der Waals surface area contributed by atoms with E-state index in [9.17, 15) is 8.78 Å². The van der Waals surface area contributed by atoms with Crippen molar-refractivity contribution in [2.75, 3.05) is 13.7 Å². The third-order valence-electron chi connectivity index (χ3n) is 2.53. The fraction of sp³-hybridized carbons (Fsp3) is 0.500. The summed E-state index contributed by atoms with van der Waals surface area (Å²) in [6, 6.07) is 7.17. The molecule has 17 heavy (non-hydrogen) atoms. The Bertz CT molecular complexity index is 347. The zero-order valence-corrected chi connectivity index (χ0v) is 9.86. The van der Waals surface area contributed by atoms with Gasteiger partial charge in [0.15, 0.2) is 0 Å². The zero-order chi connectivity index (χ0) is 12.8. The van der Waals surface area contributed by atoms with Crippen molar-refractivity contribution in [3.8, 4) is 5.75 Å². The highest BCUT2D eigenvalue weighted by Gasteiger charge is 2.18. The number of rotatable bonds is 6. The Morgan fingerprint density at radius 2 is 2.00 bits per heavy atom. The van der Waals surface area contributed by atoms with Gasteiger partial charge in [0.25, 0.3) is 6.43 Å². The Hall–Kier alpha value is -1.20. The highest BCUT2D eigenvalue weighted by atomic mass is 19.3. The van der Waals surface area contributed by atoms with Gasteiger partial charge < -0.3 is 15.2 Å². The molecular formula is C12H17F2NO2. The fourth-order valence-corrected chi connectivity index (χ4v) is 1.52. The molecule has 2 unspecified atom stereocenters. The highest BCUT2D eigenvalue weighted by molar-refractivity contribution is 5.35. The largest absolute Gasteiger partial charge is 0.496 e. The van der Waals surface area contributed by atoms with Crippen LogP contribution in [-0.2, 0) is 0 Å². The molecule has 96 valence electrons. The van der Waals surface area contributed by atoms with Gasteiger partial charge in [-0.2, -0.15) is 0 Å². The number of nitrogens with one attached hydrogen (secondary N) is 1. The average molecular weight is 245 g/mol. The van der Waals surface area contributed by atoms with Crippen LogP contribution in [0.15, 0.2) is 24.3 Å². The van der Waals surface area contributed by atoms with Crippen molar-refractivity contribution in [3.05, 3.63) is 29.8 Å². The van der Waals surface area contributed by atoms with E-state index in [0.717, 1.165) is 5.56 Å². The molecule has 0 saturated carbocycles. The predicted molar refractivity (Wildman–Crippen MR) is 61.4 cm³/mol. The van der Waals surface area contributed by atoms with E-state index in [1.807, 2.05) is 25.1 Å². The molecule has 2 N–H and O–H groups in total. The van der Waals surface area contributed by atoms with Gasteiger partial charge in [0.2, 0.25) is 0 Å². The number of halogens is 2. The van der Waals surface area contributed by atoms with Crippen LogP contribution in [0.3, 0.4) is 0 Å². The second-order valence-corrected chi connectivity index (χ2v) is 3.77. The molecular weight excluding hydrogens is 228 g/mol. The quantitative estimate of drug-likeness (QED) is 0.805. The molecule has 0 saturated heterocycles. The van der Waals surface area contributed by atoms with Crippen molar-refractivity contribution in [1.82, 2.24) is 5.32 Å². The molecule has 0 amide bonds. The van der Waals surface area contributed by atoms with Crippen LogP contribution in [0.4, 0.5) is 8.78 Å². The molecule has 1 rings (SSSR count). The molecule has 0 fully saturated rings. The van der Waals surface area contributed by atoms with Crippen LogP contribution in [0, 0.1) is 0 Å². The van der Waals surface area contributed by atoms with E-state index in [2.05, 4.69) is 5.32 Å². The van der Waals surface area contributed by atoms with Gasteiger partial charge in [-0.15, -0.1) is 0 Å². The SMILES string of the molecule is COc1ccccc1C(C)NCC(O)C(F)F. The van der Waals surface area contributed by atoms with Crippen molar-refractivity contribution < 1.29 is 18.6 Å². The van der Waals surface area contributed by atoms with Crippen molar-refractivity contribution in [2.45, 2.75) is 25.5 Å². The lowest BCUT2D eigenvalue weighted by atomic mass is 10.1. The summed E-state index contributed by atoms with van der Waals surface area (Å²) in [7, 11) is 1.56. The van der Waals surface area contributed by atoms with Crippen LogP contribution < -0.4 is 10.1 Å². The van der Waals surface area contributed by atoms with Crippen LogP contribution in [0.2, 0.25) is 0 Å². The molecule has 1 aromatic carbocycles. The van der Waals surface area contributed by atoms with E-state index >= 15 is 0 Å². The zero-order valence-electron chi connectivity index (χ0n) is 9.86. The van der Waals surface area contributed by atoms with Gasteiger partial charge in [0.1, 0.15) is 11.9 Å². The molecule has 0 bridgehead atoms. The van der Waals surface area contributed by atoms with Gasteiger partial charge in [-0.05, 0) is 13.0 Å². The maximum absolute atomic E-state index is 12.1. The van der Waals surface area contributed by atoms with Gasteiger partial charge in [-0.1, -0.05) is 18.2 Å². The van der Waals surface area contributed by atoms with E-state index in [1.54, 1.807) is 13.2 Å². The lowest BCUT2D eigenvalue weighted by Gasteiger charge is -2.19. The number of alkyl halides is 2. The topological polar surface area (TPSA) is 41.5 Å². The van der Waals surface area contributed by atoms with Crippen molar-refractivity contribution in [3.63, 3.8) is 0 Å². The lowest BCUT2D eigenvalue weighted by Crippen LogP contribution is -2.33. The minimum absolute atomic E-state index is 0.156. The number of ether oxygens (including phenoxy) is 1. The first-order valence-corrected chi connectivity index (χ1v) is 5.38. The van der Waals surface area contributed by atoms with E-state index in [0.29, 0.717) is 5.75 Å². The maximum atomic E-state index is 12.1. The van der Waals surface area contributed by atoms with Gasteiger partial charge in [-0.25, -0.2) is 8.78 Å². The summed E-state index contributed by atoms with van der Waals surface area (Å²) >= 11 is 0. The van der Waals surface area contributed by atoms with Gasteiger partial charge in [-0.3, -0.25) is 0 Å². The average Bonchev–Trinajstić information content (AvgIpc) is 2.35. The monoisotopic (exact) mass is 245 g/mol. The van der Waals surface area contributed by atoms with Gasteiger partial charge in [0, 0.05) is 18.2 Å². The molecule has 0 aliphatic rings. The molecule has 0 spiro atoms. The first-order valence-electron chi connectivity index (χ1n) is 5.38. The van der Waals surface area contributed by atoms with Crippen LogP contribution in [0.5, 0.6) is 5.75 Å². The first kappa shape index (κ1) is 13.9. The number of aliphatic hydroxyl groups is 1. The van der Waals surface area contributed by atoms with Crippen LogP contribution in [-0.4, -0.2) is 31.3 Å². The van der Waals surface area contributed by atoms with Crippen molar-refractivity contribution in [1.29, 1.82) is 0 Å². The second-order valence-electron chi connectivity index (χ2n) is 3.77. The standard InChI is InChI=1S/C12H17F2NO2/c1-8(15-7-10(16)12(13)14)9-5-3-4-6-11(9)17-2/h3-6,8,10,12,15-16H,7H2,1-2H3. The molecule has 0 aliphatic carbocycles. The summed E-state index contributed by atoms with van der Waals surface area (Å²) < 4.78 is 29.4. The Labute approximate surface area is 99.4 Å². The normalized spacial score (nSPS) is 14.7. The minimum Gasteiger partial charge on any atom is -0.496 e. The Morgan fingerprint density at radius 3 is 2.59 bits per heavy atom. The predicted octanol–water partition coefficient (Wildman–Crippen LogP) is 1.97. The minimum atomic E-state index is -2.73. The number of benzene rings is 1. The molecule has 5 heteroatoms. The summed E-state index contributed by atoms with van der Waals surface area (Å²) in [5.74, 6) is 0.694.